The number of hydrogen-bond donors (Lipinski definition) is 2. The first-order valence-electron chi connectivity index (χ1n) is 8.95. The average molecular weight is 406 g/mol. The lowest BCUT2D eigenvalue weighted by molar-refractivity contribution is -0.576. The molecule has 0 unspecified atom stereocenters. The zero-order chi connectivity index (χ0) is 20.8. The Morgan fingerprint density at radius 1 is 1.10 bits per heavy atom. The molecular weight excluding hydrogens is 386 g/mol. The van der Waals surface area contributed by atoms with Gasteiger partial charge in [-0.15, -0.1) is 0 Å². The molecule has 0 saturated carbocycles. The van der Waals surface area contributed by atoms with Gasteiger partial charge in [0.25, 0.3) is 11.4 Å². The quantitative estimate of drug-likeness (QED) is 0.160. The van der Waals surface area contributed by atoms with Crippen molar-refractivity contribution in [3.8, 4) is 0 Å². The highest BCUT2D eigenvalue weighted by Crippen LogP contribution is 2.25. The van der Waals surface area contributed by atoms with Gasteiger partial charge in [0.05, 0.1) is 4.92 Å². The lowest BCUT2D eigenvalue weighted by atomic mass is 10.1. The van der Waals surface area contributed by atoms with Crippen LogP contribution < -0.4 is 9.88 Å². The lowest BCUT2D eigenvalue weighted by Gasteiger charge is -2.10. The Kier molecular flexibility index (Phi) is 6.31. The minimum absolute atomic E-state index is 0.0605. The Morgan fingerprint density at radius 3 is 2.41 bits per heavy atom. The second-order valence-corrected chi connectivity index (χ2v) is 6.81. The maximum atomic E-state index is 11.3. The van der Waals surface area contributed by atoms with Crippen LogP contribution in [0.25, 0.3) is 11.5 Å². The van der Waals surface area contributed by atoms with Gasteiger partial charge in [-0.25, -0.2) is 0 Å². The monoisotopic (exact) mass is 406 g/mol. The summed E-state index contributed by atoms with van der Waals surface area (Å²) in [4.78, 5) is 11.2. The van der Waals surface area contributed by atoms with E-state index in [0.717, 1.165) is 5.56 Å². The number of hydrogen-bond acceptors (Lipinski definition) is 4. The Morgan fingerprint density at radius 2 is 1.76 bits per heavy atom. The van der Waals surface area contributed by atoms with Crippen molar-refractivity contribution in [3.63, 3.8) is 0 Å². The number of aliphatic hydroxyl groups is 1. The average Bonchev–Trinajstić information content (AvgIpc) is 2.74. The molecule has 0 aliphatic carbocycles. The molecule has 7 heteroatoms. The SMILES string of the molecule is Cc1ccc(C(O)=C(C(=S)NCc2ccccc2)[n+]2ccccc2)cc1[N+](=O)[O-]. The minimum atomic E-state index is -0.465. The van der Waals surface area contributed by atoms with Crippen molar-refractivity contribution in [2.75, 3.05) is 0 Å². The first-order valence-corrected chi connectivity index (χ1v) is 9.35. The van der Waals surface area contributed by atoms with E-state index < -0.39 is 4.92 Å². The molecule has 0 aliphatic rings. The van der Waals surface area contributed by atoms with Crippen molar-refractivity contribution in [2.45, 2.75) is 13.5 Å². The largest absolute Gasteiger partial charge is 0.502 e. The first kappa shape index (κ1) is 20.2. The molecule has 0 radical (unpaired) electrons. The number of aromatic nitrogens is 1. The van der Waals surface area contributed by atoms with E-state index in [1.54, 1.807) is 36.0 Å². The van der Waals surface area contributed by atoms with Crippen molar-refractivity contribution in [2.24, 2.45) is 0 Å². The number of nitrogens with one attached hydrogen (secondary N) is 1. The van der Waals surface area contributed by atoms with Gasteiger partial charge in [0.2, 0.25) is 0 Å². The number of nitro groups is 1. The molecule has 0 bridgehead atoms. The van der Waals surface area contributed by atoms with E-state index in [-0.39, 0.29) is 11.4 Å². The van der Waals surface area contributed by atoms with E-state index in [4.69, 9.17) is 12.2 Å². The molecule has 6 nitrogen and oxygen atoms in total. The topological polar surface area (TPSA) is 79.3 Å². The van der Waals surface area contributed by atoms with Crippen molar-refractivity contribution in [3.05, 3.63) is 106 Å². The molecule has 0 saturated heterocycles. The van der Waals surface area contributed by atoms with Crippen molar-refractivity contribution < 1.29 is 14.6 Å². The van der Waals surface area contributed by atoms with Gasteiger partial charge in [0, 0.05) is 35.9 Å². The van der Waals surface area contributed by atoms with Crippen LogP contribution in [-0.4, -0.2) is 15.0 Å². The molecule has 0 atom stereocenters. The molecule has 0 amide bonds. The predicted octanol–water partition coefficient (Wildman–Crippen LogP) is 4.19. The lowest BCUT2D eigenvalue weighted by Crippen LogP contribution is -2.40. The number of aliphatic hydroxyl groups excluding tert-OH is 1. The van der Waals surface area contributed by atoms with Gasteiger partial charge in [-0.1, -0.05) is 60.7 Å². The Labute approximate surface area is 173 Å². The molecule has 3 rings (SSSR count). The zero-order valence-corrected chi connectivity index (χ0v) is 16.6. The van der Waals surface area contributed by atoms with Gasteiger partial charge in [0.1, 0.15) is 0 Å². The fourth-order valence-electron chi connectivity index (χ4n) is 2.85. The van der Waals surface area contributed by atoms with Gasteiger partial charge in [-0.2, -0.15) is 4.57 Å². The van der Waals surface area contributed by atoms with Crippen LogP contribution >= 0.6 is 12.2 Å². The van der Waals surface area contributed by atoms with Crippen molar-refractivity contribution >= 4 is 34.3 Å². The summed E-state index contributed by atoms with van der Waals surface area (Å²) in [6.45, 7) is 2.14. The van der Waals surface area contributed by atoms with Crippen LogP contribution in [0.1, 0.15) is 16.7 Å². The number of aryl methyl sites for hydroxylation is 1. The van der Waals surface area contributed by atoms with Crippen LogP contribution in [0.4, 0.5) is 5.69 Å². The predicted molar refractivity (Wildman–Crippen MR) is 116 cm³/mol. The smallest absolute Gasteiger partial charge is 0.288 e. The molecule has 0 aliphatic heterocycles. The first-order chi connectivity index (χ1) is 14.0. The Hall–Kier alpha value is -3.58. The summed E-state index contributed by atoms with van der Waals surface area (Å²) in [6, 6.07) is 19.8. The standard InChI is InChI=1S/C22H19N3O3S/c1-16-10-11-18(14-19(16)25(27)28)21(26)20(24-12-6-3-7-13-24)22(29)23-15-17-8-4-2-5-9-17/h2-14H,15H2,1H3,(H-,23,26,29)/p+1. The highest BCUT2D eigenvalue weighted by molar-refractivity contribution is 7.81. The third-order valence-corrected chi connectivity index (χ3v) is 4.73. The van der Waals surface area contributed by atoms with E-state index in [1.165, 1.54) is 6.07 Å². The van der Waals surface area contributed by atoms with E-state index in [9.17, 15) is 15.2 Å². The van der Waals surface area contributed by atoms with Crippen LogP contribution in [0.3, 0.4) is 0 Å². The van der Waals surface area contributed by atoms with E-state index >= 15 is 0 Å². The van der Waals surface area contributed by atoms with Crippen molar-refractivity contribution in [1.82, 2.24) is 5.32 Å². The Bertz CT molecular complexity index is 1070. The third-order valence-electron chi connectivity index (χ3n) is 4.39. The number of rotatable bonds is 6. The second kappa shape index (κ2) is 9.07. The Balaban J connectivity index is 2.02. The molecule has 146 valence electrons. The summed E-state index contributed by atoms with van der Waals surface area (Å²) in [7, 11) is 0. The van der Waals surface area contributed by atoms with Crippen LogP contribution in [0.2, 0.25) is 0 Å². The van der Waals surface area contributed by atoms with Gasteiger partial charge in [0.15, 0.2) is 23.1 Å². The number of nitrogens with zero attached hydrogens (tertiary/aromatic N) is 2. The fraction of sp³-hybridized carbons (Fsp3) is 0.0909. The summed E-state index contributed by atoms with van der Waals surface area (Å²) in [5.41, 5.74) is 2.16. The van der Waals surface area contributed by atoms with E-state index in [0.29, 0.717) is 28.4 Å². The maximum absolute atomic E-state index is 11.3. The molecule has 1 aromatic heterocycles. The normalized spacial score (nSPS) is 11.5. The van der Waals surface area contributed by atoms with Gasteiger partial charge in [-0.05, 0) is 12.5 Å². The van der Waals surface area contributed by atoms with E-state index in [2.05, 4.69) is 5.32 Å². The molecule has 2 N–H and O–H groups in total. The summed E-state index contributed by atoms with van der Waals surface area (Å²) in [6.07, 6.45) is 3.51. The van der Waals surface area contributed by atoms with Gasteiger partial charge >= 0.3 is 0 Å². The fourth-order valence-corrected chi connectivity index (χ4v) is 3.12. The minimum Gasteiger partial charge on any atom is -0.502 e. The third kappa shape index (κ3) is 4.83. The summed E-state index contributed by atoms with van der Waals surface area (Å²) in [5.74, 6) is -0.144. The number of nitro benzene ring substituents is 1. The summed E-state index contributed by atoms with van der Waals surface area (Å²) in [5, 5.41) is 25.5. The molecule has 2 aromatic carbocycles. The zero-order valence-electron chi connectivity index (χ0n) is 15.8. The molecule has 0 spiro atoms. The number of pyridine rings is 1. The van der Waals surface area contributed by atoms with Crippen LogP contribution in [0, 0.1) is 17.0 Å². The molecule has 3 aromatic rings. The van der Waals surface area contributed by atoms with Gasteiger partial charge < -0.3 is 10.4 Å². The van der Waals surface area contributed by atoms with E-state index in [1.807, 2.05) is 48.5 Å². The van der Waals surface area contributed by atoms with Crippen LogP contribution in [-0.2, 0) is 6.54 Å². The van der Waals surface area contributed by atoms with Crippen molar-refractivity contribution in [1.29, 1.82) is 0 Å². The van der Waals surface area contributed by atoms with Crippen LogP contribution in [0.15, 0.2) is 79.1 Å². The maximum Gasteiger partial charge on any atom is 0.288 e. The summed E-state index contributed by atoms with van der Waals surface area (Å²) < 4.78 is 1.68. The molecular formula is C22H20N3O3S+. The molecule has 29 heavy (non-hydrogen) atoms. The highest BCUT2D eigenvalue weighted by Gasteiger charge is 2.25. The van der Waals surface area contributed by atoms with Gasteiger partial charge in [-0.3, -0.25) is 10.1 Å². The number of benzene rings is 2. The molecule has 1 heterocycles. The highest BCUT2D eigenvalue weighted by atomic mass is 32.1. The van der Waals surface area contributed by atoms with Crippen LogP contribution in [0.5, 0.6) is 0 Å². The molecule has 0 fully saturated rings. The number of thiocarbonyl (C=S) groups is 1. The summed E-state index contributed by atoms with van der Waals surface area (Å²) >= 11 is 5.56. The second-order valence-electron chi connectivity index (χ2n) is 6.41.